The van der Waals surface area contributed by atoms with Gasteiger partial charge in [0.05, 0.1) is 32.2 Å². The van der Waals surface area contributed by atoms with Crippen LogP contribution in [0.25, 0.3) is 0 Å². The highest BCUT2D eigenvalue weighted by molar-refractivity contribution is 7.92. The second-order valence-electron chi connectivity index (χ2n) is 5.62. The SMILES string of the molecule is CCOC(=O)CN(c1ccc([N+](=O)[O-])cc1C)S(=O)(=O)c1ccc(Cl)c(Cl)c1. The second-order valence-corrected chi connectivity index (χ2v) is 8.30. The molecule has 0 unspecified atom stereocenters. The number of nitro benzene ring substituents is 1. The summed E-state index contributed by atoms with van der Waals surface area (Å²) in [5, 5.41) is 11.2. The minimum absolute atomic E-state index is 0.0271. The summed E-state index contributed by atoms with van der Waals surface area (Å²) in [6.45, 7) is 2.55. The fourth-order valence-electron chi connectivity index (χ4n) is 2.42. The van der Waals surface area contributed by atoms with Crippen LogP contribution in [0.5, 0.6) is 0 Å². The Morgan fingerprint density at radius 3 is 2.39 bits per heavy atom. The summed E-state index contributed by atoms with van der Waals surface area (Å²) >= 11 is 11.8. The number of sulfonamides is 1. The Hall–Kier alpha value is -2.36. The molecule has 150 valence electrons. The molecule has 0 aliphatic carbocycles. The third-order valence-electron chi connectivity index (χ3n) is 3.72. The van der Waals surface area contributed by atoms with Crippen molar-refractivity contribution in [2.45, 2.75) is 18.7 Å². The maximum atomic E-state index is 13.2. The summed E-state index contributed by atoms with van der Waals surface area (Å²) in [6, 6.07) is 7.38. The van der Waals surface area contributed by atoms with Gasteiger partial charge in [-0.1, -0.05) is 23.2 Å². The van der Waals surface area contributed by atoms with Crippen LogP contribution in [0.1, 0.15) is 12.5 Å². The topological polar surface area (TPSA) is 107 Å². The molecule has 2 rings (SSSR count). The van der Waals surface area contributed by atoms with E-state index < -0.39 is 27.5 Å². The number of aryl methyl sites for hydroxylation is 1. The van der Waals surface area contributed by atoms with E-state index in [1.165, 1.54) is 31.2 Å². The molecular weight excluding hydrogens is 431 g/mol. The minimum Gasteiger partial charge on any atom is -0.465 e. The van der Waals surface area contributed by atoms with E-state index in [0.29, 0.717) is 5.56 Å². The van der Waals surface area contributed by atoms with Crippen LogP contribution in [0, 0.1) is 17.0 Å². The first-order valence-corrected chi connectivity index (χ1v) is 10.2. The molecular formula is C17H16Cl2N2O6S. The van der Waals surface area contributed by atoms with Gasteiger partial charge < -0.3 is 4.74 Å². The van der Waals surface area contributed by atoms with Crippen molar-refractivity contribution in [3.8, 4) is 0 Å². The number of non-ortho nitro benzene ring substituents is 1. The summed E-state index contributed by atoms with van der Waals surface area (Å²) in [4.78, 5) is 22.2. The van der Waals surface area contributed by atoms with Gasteiger partial charge in [0.25, 0.3) is 15.7 Å². The number of hydrogen-bond acceptors (Lipinski definition) is 6. The Morgan fingerprint density at radius 1 is 1.18 bits per heavy atom. The molecule has 0 aromatic heterocycles. The molecule has 0 saturated heterocycles. The molecule has 0 fully saturated rings. The molecule has 0 bridgehead atoms. The molecule has 0 aliphatic heterocycles. The van der Waals surface area contributed by atoms with Gasteiger partial charge in [-0.05, 0) is 43.7 Å². The quantitative estimate of drug-likeness (QED) is 0.361. The van der Waals surface area contributed by atoms with E-state index in [0.717, 1.165) is 16.4 Å². The van der Waals surface area contributed by atoms with Gasteiger partial charge in [-0.15, -0.1) is 0 Å². The molecule has 11 heteroatoms. The number of benzene rings is 2. The molecule has 0 saturated carbocycles. The number of halogens is 2. The Morgan fingerprint density at radius 2 is 1.86 bits per heavy atom. The zero-order valence-corrected chi connectivity index (χ0v) is 17.2. The van der Waals surface area contributed by atoms with Gasteiger partial charge in [0, 0.05) is 12.1 Å². The molecule has 2 aromatic carbocycles. The first-order valence-electron chi connectivity index (χ1n) is 7.96. The van der Waals surface area contributed by atoms with Crippen LogP contribution in [0.15, 0.2) is 41.3 Å². The summed E-state index contributed by atoms with van der Waals surface area (Å²) < 4.78 is 32.1. The Kier molecular flexibility index (Phi) is 6.87. The lowest BCUT2D eigenvalue weighted by Crippen LogP contribution is -2.37. The van der Waals surface area contributed by atoms with Crippen LogP contribution in [0.4, 0.5) is 11.4 Å². The number of rotatable bonds is 7. The van der Waals surface area contributed by atoms with Crippen LogP contribution < -0.4 is 4.31 Å². The monoisotopic (exact) mass is 446 g/mol. The Bertz CT molecular complexity index is 1030. The van der Waals surface area contributed by atoms with E-state index in [1.807, 2.05) is 0 Å². The average molecular weight is 447 g/mol. The summed E-state index contributed by atoms with van der Waals surface area (Å²) in [7, 11) is -4.24. The first kappa shape index (κ1) is 21.9. The van der Waals surface area contributed by atoms with E-state index >= 15 is 0 Å². The largest absolute Gasteiger partial charge is 0.465 e. The number of carbonyl (C=O) groups is 1. The van der Waals surface area contributed by atoms with Gasteiger partial charge >= 0.3 is 5.97 Å². The molecule has 28 heavy (non-hydrogen) atoms. The van der Waals surface area contributed by atoms with Gasteiger partial charge in [-0.25, -0.2) is 8.42 Å². The molecule has 2 aromatic rings. The third-order valence-corrected chi connectivity index (χ3v) is 6.21. The van der Waals surface area contributed by atoms with Gasteiger partial charge in [-0.2, -0.15) is 0 Å². The zero-order chi connectivity index (χ0) is 21.1. The van der Waals surface area contributed by atoms with Crippen LogP contribution in [0.3, 0.4) is 0 Å². The number of esters is 1. The van der Waals surface area contributed by atoms with Crippen molar-refractivity contribution in [1.29, 1.82) is 0 Å². The molecule has 0 radical (unpaired) electrons. The number of nitrogens with zero attached hydrogens (tertiary/aromatic N) is 2. The minimum atomic E-state index is -4.24. The number of hydrogen-bond donors (Lipinski definition) is 0. The van der Waals surface area contributed by atoms with Gasteiger partial charge in [0.1, 0.15) is 6.54 Å². The van der Waals surface area contributed by atoms with Crippen LogP contribution in [-0.2, 0) is 19.6 Å². The van der Waals surface area contributed by atoms with Gasteiger partial charge in [-0.3, -0.25) is 19.2 Å². The number of ether oxygens (including phenoxy) is 1. The Labute approximate surface area is 171 Å². The normalized spacial score (nSPS) is 11.1. The molecule has 0 aliphatic rings. The summed E-state index contributed by atoms with van der Waals surface area (Å²) in [5.74, 6) is -0.774. The molecule has 0 amide bonds. The predicted octanol–water partition coefficient (Wildman–Crippen LogP) is 3.97. The second kappa shape index (κ2) is 8.76. The average Bonchev–Trinajstić information content (AvgIpc) is 2.62. The maximum absolute atomic E-state index is 13.2. The van der Waals surface area contributed by atoms with Crippen molar-refractivity contribution >= 4 is 50.6 Å². The zero-order valence-electron chi connectivity index (χ0n) is 14.9. The molecule has 0 heterocycles. The highest BCUT2D eigenvalue weighted by Crippen LogP contribution is 2.32. The molecule has 0 atom stereocenters. The van der Waals surface area contributed by atoms with Crippen molar-refractivity contribution in [3.63, 3.8) is 0 Å². The number of carbonyl (C=O) groups excluding carboxylic acids is 1. The van der Waals surface area contributed by atoms with Crippen LogP contribution in [-0.4, -0.2) is 32.5 Å². The van der Waals surface area contributed by atoms with Crippen LogP contribution >= 0.6 is 23.2 Å². The third kappa shape index (κ3) is 4.73. The standard InChI is InChI=1S/C17H16Cl2N2O6S/c1-3-27-17(22)10-20(16-7-4-12(21(23)24)8-11(16)2)28(25,26)13-5-6-14(18)15(19)9-13/h4-9H,3,10H2,1-2H3. The smallest absolute Gasteiger partial charge is 0.326 e. The van der Waals surface area contributed by atoms with Crippen molar-refractivity contribution in [1.82, 2.24) is 0 Å². The number of nitro groups is 1. The molecule has 0 N–H and O–H groups in total. The first-order chi connectivity index (χ1) is 13.1. The fraction of sp³-hybridized carbons (Fsp3) is 0.235. The Balaban J connectivity index is 2.60. The van der Waals surface area contributed by atoms with Gasteiger partial charge in [0.2, 0.25) is 0 Å². The lowest BCUT2D eigenvalue weighted by molar-refractivity contribution is -0.384. The fourth-order valence-corrected chi connectivity index (χ4v) is 4.28. The molecule has 0 spiro atoms. The van der Waals surface area contributed by atoms with E-state index in [1.54, 1.807) is 6.92 Å². The predicted molar refractivity (Wildman–Crippen MR) is 105 cm³/mol. The number of anilines is 1. The summed E-state index contributed by atoms with van der Waals surface area (Å²) in [6.07, 6.45) is 0. The van der Waals surface area contributed by atoms with E-state index in [4.69, 9.17) is 27.9 Å². The lowest BCUT2D eigenvalue weighted by Gasteiger charge is -2.25. The van der Waals surface area contributed by atoms with Crippen molar-refractivity contribution < 1.29 is 22.9 Å². The maximum Gasteiger partial charge on any atom is 0.326 e. The highest BCUT2D eigenvalue weighted by atomic mass is 35.5. The lowest BCUT2D eigenvalue weighted by atomic mass is 10.2. The highest BCUT2D eigenvalue weighted by Gasteiger charge is 2.30. The van der Waals surface area contributed by atoms with Crippen molar-refractivity contribution in [2.75, 3.05) is 17.5 Å². The van der Waals surface area contributed by atoms with E-state index in [9.17, 15) is 23.3 Å². The van der Waals surface area contributed by atoms with Gasteiger partial charge in [0.15, 0.2) is 0 Å². The van der Waals surface area contributed by atoms with Crippen molar-refractivity contribution in [2.24, 2.45) is 0 Å². The van der Waals surface area contributed by atoms with E-state index in [-0.39, 0.29) is 32.9 Å². The van der Waals surface area contributed by atoms with E-state index in [2.05, 4.69) is 0 Å². The van der Waals surface area contributed by atoms with Crippen molar-refractivity contribution in [3.05, 3.63) is 62.1 Å². The molecule has 8 nitrogen and oxygen atoms in total. The summed E-state index contributed by atoms with van der Waals surface area (Å²) in [5.41, 5.74) is 0.191. The van der Waals surface area contributed by atoms with Crippen LogP contribution in [0.2, 0.25) is 10.0 Å².